The molecule has 2 aliphatic heterocycles. The molecule has 0 aliphatic carbocycles. The molecule has 130 valence electrons. The van der Waals surface area contributed by atoms with Crippen LogP contribution in [0.1, 0.15) is 37.6 Å². The summed E-state index contributed by atoms with van der Waals surface area (Å²) in [5, 5.41) is 3.00. The van der Waals surface area contributed by atoms with Crippen molar-refractivity contribution in [1.82, 2.24) is 4.90 Å². The Bertz CT molecular complexity index is 681. The van der Waals surface area contributed by atoms with Crippen LogP contribution in [0, 0.1) is 0 Å². The highest BCUT2D eigenvalue weighted by Gasteiger charge is 2.46. The van der Waals surface area contributed by atoms with Crippen molar-refractivity contribution in [3.05, 3.63) is 29.8 Å². The summed E-state index contributed by atoms with van der Waals surface area (Å²) < 4.78 is 6.45. The summed E-state index contributed by atoms with van der Waals surface area (Å²) in [7, 11) is -1.93. The van der Waals surface area contributed by atoms with Gasteiger partial charge in [-0.05, 0) is 30.3 Å². The molecule has 1 aromatic carbocycles. The second kappa shape index (κ2) is 5.70. The van der Waals surface area contributed by atoms with Crippen molar-refractivity contribution in [2.75, 3.05) is 11.9 Å². The summed E-state index contributed by atoms with van der Waals surface area (Å²) in [5.74, 6) is -0.204. The Kier molecular flexibility index (Phi) is 4.08. The van der Waals surface area contributed by atoms with Crippen molar-refractivity contribution in [1.29, 1.82) is 0 Å². The summed E-state index contributed by atoms with van der Waals surface area (Å²) in [5.41, 5.74) is 1.16. The van der Waals surface area contributed by atoms with Gasteiger partial charge in [0.05, 0.1) is 17.4 Å². The minimum atomic E-state index is -1.93. The van der Waals surface area contributed by atoms with Crippen LogP contribution in [0.4, 0.5) is 5.69 Å². The molecule has 0 spiro atoms. The molecule has 1 fully saturated rings. The zero-order chi connectivity index (χ0) is 17.7. The van der Waals surface area contributed by atoms with Gasteiger partial charge in [-0.2, -0.15) is 0 Å². The average Bonchev–Trinajstić information content (AvgIpc) is 2.85. The van der Waals surface area contributed by atoms with Crippen LogP contribution in [0.25, 0.3) is 0 Å². The maximum absolute atomic E-state index is 12.9. The van der Waals surface area contributed by atoms with Crippen LogP contribution < -0.4 is 5.32 Å². The van der Waals surface area contributed by atoms with Crippen molar-refractivity contribution in [2.24, 2.45) is 0 Å². The van der Waals surface area contributed by atoms with Gasteiger partial charge in [-0.3, -0.25) is 9.59 Å². The number of anilines is 1. The molecular weight excluding hydrogens is 320 g/mol. The lowest BCUT2D eigenvalue weighted by Crippen LogP contribution is -2.44. The van der Waals surface area contributed by atoms with Gasteiger partial charge in [0.25, 0.3) is 5.91 Å². The first-order valence-electron chi connectivity index (χ1n) is 8.49. The van der Waals surface area contributed by atoms with E-state index in [4.69, 9.17) is 4.43 Å². The predicted octanol–water partition coefficient (Wildman–Crippen LogP) is 3.24. The van der Waals surface area contributed by atoms with Crippen LogP contribution in [0.5, 0.6) is 0 Å². The number of rotatable bonds is 2. The maximum atomic E-state index is 12.9. The first-order chi connectivity index (χ1) is 11.1. The van der Waals surface area contributed by atoms with Gasteiger partial charge in [0.2, 0.25) is 5.91 Å². The van der Waals surface area contributed by atoms with Gasteiger partial charge in [0.15, 0.2) is 8.32 Å². The number of nitrogens with zero attached hydrogens (tertiary/aromatic N) is 1. The summed E-state index contributed by atoms with van der Waals surface area (Å²) in [4.78, 5) is 27.1. The monoisotopic (exact) mass is 346 g/mol. The Morgan fingerprint density at radius 3 is 2.54 bits per heavy atom. The quantitative estimate of drug-likeness (QED) is 0.836. The molecule has 2 aliphatic rings. The smallest absolute Gasteiger partial charge is 0.256 e. The zero-order valence-corrected chi connectivity index (χ0v) is 16.1. The standard InChI is InChI=1S/C18H26N2O3Si/c1-18(2,3)24(4,5)23-12-10-15-16(21)19-14-9-7-6-8-13(14)17(22)20(15)11-12/h6-9,12,15H,10-11H2,1-5H3,(H,19,21)/t12-,15+/m1/s1. The summed E-state index contributed by atoms with van der Waals surface area (Å²) in [6.45, 7) is 11.5. The molecule has 3 rings (SSSR count). The molecule has 0 saturated carbocycles. The maximum Gasteiger partial charge on any atom is 0.256 e. The largest absolute Gasteiger partial charge is 0.412 e. The highest BCUT2D eigenvalue weighted by atomic mass is 28.4. The molecule has 1 N–H and O–H groups in total. The van der Waals surface area contributed by atoms with E-state index in [0.717, 1.165) is 0 Å². The number of para-hydroxylation sites is 1. The number of carbonyl (C=O) groups is 2. The van der Waals surface area contributed by atoms with Crippen molar-refractivity contribution in [3.8, 4) is 0 Å². The SMILES string of the molecule is CC(C)(C)[Si](C)(C)O[C@@H]1C[C@H]2C(=O)Nc3ccccc3C(=O)N2C1. The average molecular weight is 347 g/mol. The van der Waals surface area contributed by atoms with Crippen molar-refractivity contribution < 1.29 is 14.0 Å². The van der Waals surface area contributed by atoms with Crippen molar-refractivity contribution in [3.63, 3.8) is 0 Å². The van der Waals surface area contributed by atoms with E-state index in [1.807, 2.05) is 12.1 Å². The Labute approximate surface area is 144 Å². The molecule has 5 nitrogen and oxygen atoms in total. The van der Waals surface area contributed by atoms with Gasteiger partial charge in [-0.1, -0.05) is 32.9 Å². The molecule has 0 unspecified atom stereocenters. The molecule has 0 bridgehead atoms. The van der Waals surface area contributed by atoms with E-state index in [1.165, 1.54) is 0 Å². The van der Waals surface area contributed by atoms with Gasteiger partial charge >= 0.3 is 0 Å². The Balaban J connectivity index is 1.83. The van der Waals surface area contributed by atoms with E-state index in [9.17, 15) is 9.59 Å². The number of hydrogen-bond acceptors (Lipinski definition) is 3. The molecule has 0 radical (unpaired) electrons. The van der Waals surface area contributed by atoms with Crippen LogP contribution in [0.3, 0.4) is 0 Å². The van der Waals surface area contributed by atoms with Crippen molar-refractivity contribution in [2.45, 2.75) is 57.5 Å². The highest BCUT2D eigenvalue weighted by molar-refractivity contribution is 6.74. The minimum Gasteiger partial charge on any atom is -0.412 e. The topological polar surface area (TPSA) is 58.6 Å². The Hall–Kier alpha value is -1.66. The van der Waals surface area contributed by atoms with Crippen molar-refractivity contribution >= 4 is 25.8 Å². The summed E-state index contributed by atoms with van der Waals surface area (Å²) >= 11 is 0. The van der Waals surface area contributed by atoms with Gasteiger partial charge in [0, 0.05) is 13.0 Å². The fraction of sp³-hybridized carbons (Fsp3) is 0.556. The molecular formula is C18H26N2O3Si. The third-order valence-electron chi connectivity index (χ3n) is 5.51. The molecule has 2 heterocycles. The van der Waals surface area contributed by atoms with E-state index in [0.29, 0.717) is 24.2 Å². The second-order valence-corrected chi connectivity index (χ2v) is 13.0. The summed E-state index contributed by atoms with van der Waals surface area (Å²) in [6, 6.07) is 6.74. The third kappa shape index (κ3) is 2.89. The number of fused-ring (bicyclic) bond motifs is 2. The number of benzene rings is 1. The van der Waals surface area contributed by atoms with Crippen LogP contribution >= 0.6 is 0 Å². The predicted molar refractivity (Wildman–Crippen MR) is 96.6 cm³/mol. The van der Waals surface area contributed by atoms with Gasteiger partial charge in [-0.25, -0.2) is 0 Å². The molecule has 2 amide bonds. The van der Waals surface area contributed by atoms with Gasteiger partial charge in [-0.15, -0.1) is 0 Å². The first kappa shape index (κ1) is 17.2. The highest BCUT2D eigenvalue weighted by Crippen LogP contribution is 2.39. The molecule has 6 heteroatoms. The molecule has 1 saturated heterocycles. The van der Waals surface area contributed by atoms with Crippen LogP contribution in [-0.2, 0) is 9.22 Å². The van der Waals surface area contributed by atoms with Gasteiger partial charge < -0.3 is 14.6 Å². The van der Waals surface area contributed by atoms with Crippen LogP contribution in [0.15, 0.2) is 24.3 Å². The molecule has 1 aromatic rings. The van der Waals surface area contributed by atoms with E-state index >= 15 is 0 Å². The van der Waals surface area contributed by atoms with E-state index < -0.39 is 14.4 Å². The molecule has 0 aromatic heterocycles. The van der Waals surface area contributed by atoms with Gasteiger partial charge in [0.1, 0.15) is 6.04 Å². The molecule has 2 atom stereocenters. The first-order valence-corrected chi connectivity index (χ1v) is 11.4. The normalized spacial score (nSPS) is 24.3. The number of amides is 2. The van der Waals surface area contributed by atoms with Crippen LogP contribution in [0.2, 0.25) is 18.1 Å². The lowest BCUT2D eigenvalue weighted by Gasteiger charge is -2.38. The molecule has 24 heavy (non-hydrogen) atoms. The van der Waals surface area contributed by atoms with E-state index in [2.05, 4.69) is 39.2 Å². The minimum absolute atomic E-state index is 0.0733. The Morgan fingerprint density at radius 2 is 1.88 bits per heavy atom. The lowest BCUT2D eigenvalue weighted by atomic mass is 10.1. The lowest BCUT2D eigenvalue weighted by molar-refractivity contribution is -0.119. The summed E-state index contributed by atoms with van der Waals surface area (Å²) in [6.07, 6.45) is 0.494. The second-order valence-electron chi connectivity index (χ2n) is 8.24. The zero-order valence-electron chi connectivity index (χ0n) is 15.1. The number of nitrogens with one attached hydrogen (secondary N) is 1. The third-order valence-corrected chi connectivity index (χ3v) is 10.0. The number of hydrogen-bond donors (Lipinski definition) is 1. The Morgan fingerprint density at radius 1 is 1.21 bits per heavy atom. The fourth-order valence-corrected chi connectivity index (χ4v) is 4.46. The van der Waals surface area contributed by atoms with Crippen LogP contribution in [-0.4, -0.2) is 43.7 Å². The number of carbonyl (C=O) groups excluding carboxylic acids is 2. The fourth-order valence-electron chi connectivity index (χ4n) is 3.10. The van der Waals surface area contributed by atoms with E-state index in [-0.39, 0.29) is 23.0 Å². The van der Waals surface area contributed by atoms with E-state index in [1.54, 1.807) is 17.0 Å².